The molecule has 1 N–H and O–H groups in total. The predicted molar refractivity (Wildman–Crippen MR) is 101 cm³/mol. The van der Waals surface area contributed by atoms with Crippen molar-refractivity contribution in [3.63, 3.8) is 0 Å². The van der Waals surface area contributed by atoms with Crippen molar-refractivity contribution in [3.8, 4) is 0 Å². The van der Waals surface area contributed by atoms with Crippen molar-refractivity contribution in [2.75, 3.05) is 5.32 Å². The Morgan fingerprint density at radius 2 is 1.91 bits per heavy atom. The molecule has 0 radical (unpaired) electrons. The Morgan fingerprint density at radius 3 is 2.55 bits per heavy atom. The molecule has 4 saturated carbocycles. The average molecular weight is 474 g/mol. The fourth-order valence-electron chi connectivity index (χ4n) is 5.64. The monoisotopic (exact) mass is 473 g/mol. The number of rotatable bonds is 3. The van der Waals surface area contributed by atoms with Crippen LogP contribution in [0.3, 0.4) is 0 Å². The van der Waals surface area contributed by atoms with Gasteiger partial charge in [-0.25, -0.2) is 0 Å². The van der Waals surface area contributed by atoms with Crippen LogP contribution in [0.2, 0.25) is 0 Å². The maximum atomic E-state index is 12.6. The number of anilines is 1. The van der Waals surface area contributed by atoms with Crippen LogP contribution in [0.15, 0.2) is 24.3 Å². The van der Waals surface area contributed by atoms with Crippen molar-refractivity contribution < 1.29 is 4.79 Å². The van der Waals surface area contributed by atoms with Crippen LogP contribution in [0.4, 0.5) is 5.69 Å². The summed E-state index contributed by atoms with van der Waals surface area (Å²) in [6.07, 6.45) is 8.44. The molecular weight excluding hydrogens is 453 g/mol. The lowest BCUT2D eigenvalue weighted by Gasteiger charge is -2.60. The normalized spacial score (nSPS) is 39.0. The second-order valence-electron chi connectivity index (χ2n) is 7.82. The lowest BCUT2D eigenvalue weighted by molar-refractivity contribution is -0.123. The Kier molecular flexibility index (Phi) is 3.84. The molecule has 0 heterocycles. The van der Waals surface area contributed by atoms with Crippen LogP contribution in [-0.4, -0.2) is 10.2 Å². The number of amides is 1. The van der Waals surface area contributed by atoms with Crippen LogP contribution in [0, 0.1) is 20.8 Å². The molecule has 4 aliphatic carbocycles. The van der Waals surface area contributed by atoms with Gasteiger partial charge in [-0.2, -0.15) is 0 Å². The highest BCUT2D eigenvalue weighted by molar-refractivity contribution is 14.1. The molecular formula is C18H21BrINO. The van der Waals surface area contributed by atoms with Crippen molar-refractivity contribution in [1.29, 1.82) is 0 Å². The lowest BCUT2D eigenvalue weighted by atomic mass is 9.48. The molecule has 1 aromatic rings. The summed E-state index contributed by atoms with van der Waals surface area (Å²) in [5.74, 6) is 1.87. The van der Waals surface area contributed by atoms with Gasteiger partial charge < -0.3 is 5.32 Å². The Morgan fingerprint density at radius 1 is 1.23 bits per heavy atom. The molecule has 4 bridgehead atoms. The van der Waals surface area contributed by atoms with Crippen molar-refractivity contribution >= 4 is 50.1 Å². The fourth-order valence-corrected chi connectivity index (χ4v) is 7.67. The van der Waals surface area contributed by atoms with E-state index in [0.717, 1.165) is 21.1 Å². The van der Waals surface area contributed by atoms with Crippen molar-refractivity contribution in [3.05, 3.63) is 27.8 Å². The fraction of sp³-hybridized carbons (Fsp3) is 0.611. The van der Waals surface area contributed by atoms with Gasteiger partial charge in [-0.05, 0) is 90.5 Å². The zero-order valence-corrected chi connectivity index (χ0v) is 16.3. The average Bonchev–Trinajstić information content (AvgIpc) is 2.37. The summed E-state index contributed by atoms with van der Waals surface area (Å²) in [6, 6.07) is 8.01. The predicted octanol–water partition coefficient (Wildman–Crippen LogP) is 5.35. The second kappa shape index (κ2) is 5.47. The molecule has 4 fully saturated rings. The molecule has 4 aliphatic rings. The van der Waals surface area contributed by atoms with Crippen LogP contribution < -0.4 is 5.32 Å². The number of nitrogens with one attached hydrogen (secondary N) is 1. The first-order valence-corrected chi connectivity index (χ1v) is 10.1. The summed E-state index contributed by atoms with van der Waals surface area (Å²) in [5.41, 5.74) is 1.20. The van der Waals surface area contributed by atoms with Crippen LogP contribution >= 0.6 is 38.5 Å². The highest BCUT2D eigenvalue weighted by Gasteiger charge is 2.57. The van der Waals surface area contributed by atoms with Gasteiger partial charge in [-0.1, -0.05) is 28.1 Å². The van der Waals surface area contributed by atoms with E-state index in [9.17, 15) is 4.79 Å². The third-order valence-electron chi connectivity index (χ3n) is 5.79. The third kappa shape index (κ3) is 2.85. The molecule has 0 aromatic heterocycles. The number of para-hydroxylation sites is 1. The number of hydrogen-bond acceptors (Lipinski definition) is 1. The number of benzene rings is 1. The summed E-state index contributed by atoms with van der Waals surface area (Å²) in [5, 5.41) is 3.14. The van der Waals surface area contributed by atoms with Gasteiger partial charge in [-0.3, -0.25) is 4.79 Å². The second-order valence-corrected chi connectivity index (χ2v) is 10.7. The smallest absolute Gasteiger partial charge is 0.224 e. The minimum atomic E-state index is 0.196. The van der Waals surface area contributed by atoms with Gasteiger partial charge in [0.05, 0.1) is 5.69 Å². The van der Waals surface area contributed by atoms with Gasteiger partial charge in [-0.15, -0.1) is 0 Å². The molecule has 2 nitrogen and oxygen atoms in total. The Bertz CT molecular complexity index is 603. The molecule has 2 atom stereocenters. The number of carbonyl (C=O) groups excluding carboxylic acids is 1. The first-order valence-electron chi connectivity index (χ1n) is 8.19. The van der Waals surface area contributed by atoms with E-state index in [0.29, 0.717) is 10.7 Å². The Balaban J connectivity index is 1.49. The summed E-state index contributed by atoms with van der Waals surface area (Å²) >= 11 is 6.31. The van der Waals surface area contributed by atoms with Gasteiger partial charge in [0.1, 0.15) is 0 Å². The summed E-state index contributed by atoms with van der Waals surface area (Å²) in [7, 11) is 0. The quantitative estimate of drug-likeness (QED) is 0.465. The molecule has 0 spiro atoms. The topological polar surface area (TPSA) is 29.1 Å². The maximum Gasteiger partial charge on any atom is 0.224 e. The van der Waals surface area contributed by atoms with E-state index in [-0.39, 0.29) is 11.3 Å². The molecule has 2 unspecified atom stereocenters. The standard InChI is InChI=1S/C18H21BrINO/c19-18-8-12-5-13(9-18)7-17(6-12,11-18)10-16(22)21-15-4-2-1-3-14(15)20/h1-4,12-13H,5-11H2,(H,21,22). The van der Waals surface area contributed by atoms with E-state index in [1.54, 1.807) is 0 Å². The molecule has 0 aliphatic heterocycles. The first kappa shape index (κ1) is 15.4. The van der Waals surface area contributed by atoms with E-state index in [2.05, 4.69) is 43.8 Å². The maximum absolute atomic E-state index is 12.6. The van der Waals surface area contributed by atoms with Gasteiger partial charge in [0.2, 0.25) is 5.91 Å². The number of halogens is 2. The summed E-state index contributed by atoms with van der Waals surface area (Å²) in [4.78, 5) is 12.6. The van der Waals surface area contributed by atoms with E-state index >= 15 is 0 Å². The van der Waals surface area contributed by atoms with E-state index in [1.165, 1.54) is 38.5 Å². The molecule has 5 rings (SSSR count). The van der Waals surface area contributed by atoms with Gasteiger partial charge in [0.25, 0.3) is 0 Å². The van der Waals surface area contributed by atoms with Crippen LogP contribution in [0.1, 0.15) is 44.9 Å². The number of hydrogen-bond donors (Lipinski definition) is 1. The van der Waals surface area contributed by atoms with Crippen molar-refractivity contribution in [2.45, 2.75) is 49.3 Å². The van der Waals surface area contributed by atoms with Gasteiger partial charge in [0.15, 0.2) is 0 Å². The molecule has 1 aromatic carbocycles. The van der Waals surface area contributed by atoms with Crippen LogP contribution in [-0.2, 0) is 4.79 Å². The first-order chi connectivity index (χ1) is 10.5. The van der Waals surface area contributed by atoms with Crippen molar-refractivity contribution in [1.82, 2.24) is 0 Å². The minimum absolute atomic E-state index is 0.196. The highest BCUT2D eigenvalue weighted by atomic mass is 127. The van der Waals surface area contributed by atoms with Crippen LogP contribution in [0.25, 0.3) is 0 Å². The molecule has 0 saturated heterocycles. The highest BCUT2D eigenvalue weighted by Crippen LogP contribution is 2.65. The zero-order valence-electron chi connectivity index (χ0n) is 12.6. The number of carbonyl (C=O) groups is 1. The van der Waals surface area contributed by atoms with Gasteiger partial charge >= 0.3 is 0 Å². The molecule has 118 valence electrons. The van der Waals surface area contributed by atoms with Crippen LogP contribution in [0.5, 0.6) is 0 Å². The largest absolute Gasteiger partial charge is 0.325 e. The molecule has 1 amide bonds. The number of alkyl halides is 1. The van der Waals surface area contributed by atoms with Crippen molar-refractivity contribution in [2.24, 2.45) is 17.3 Å². The van der Waals surface area contributed by atoms with E-state index in [4.69, 9.17) is 0 Å². The molecule has 4 heteroatoms. The van der Waals surface area contributed by atoms with E-state index in [1.807, 2.05) is 24.3 Å². The Hall–Kier alpha value is -0.100. The SMILES string of the molecule is O=C(CC12CC3CC(CC(Br)(C3)C1)C2)Nc1ccccc1I. The minimum Gasteiger partial charge on any atom is -0.325 e. The van der Waals surface area contributed by atoms with Gasteiger partial charge in [0, 0.05) is 14.3 Å². The summed E-state index contributed by atoms with van der Waals surface area (Å²) < 4.78 is 1.44. The molecule has 22 heavy (non-hydrogen) atoms. The third-order valence-corrected chi connectivity index (χ3v) is 7.66. The zero-order chi connectivity index (χ0) is 15.4. The summed E-state index contributed by atoms with van der Waals surface area (Å²) in [6.45, 7) is 0. The Labute approximate surface area is 154 Å². The van der Waals surface area contributed by atoms with E-state index < -0.39 is 0 Å². The lowest BCUT2D eigenvalue weighted by Crippen LogP contribution is -2.53.